The van der Waals surface area contributed by atoms with Crippen molar-refractivity contribution in [3.63, 3.8) is 0 Å². The lowest BCUT2D eigenvalue weighted by molar-refractivity contribution is 0.0695. The fourth-order valence-electron chi connectivity index (χ4n) is 4.57. The molecule has 1 unspecified atom stereocenters. The van der Waals surface area contributed by atoms with Crippen molar-refractivity contribution in [1.82, 2.24) is 30.2 Å². The number of hydrogen-bond donors (Lipinski definition) is 3. The summed E-state index contributed by atoms with van der Waals surface area (Å²) < 4.78 is 1.27. The van der Waals surface area contributed by atoms with Gasteiger partial charge in [0.1, 0.15) is 28.7 Å². The number of fused-ring (bicyclic) bond motifs is 2. The van der Waals surface area contributed by atoms with E-state index in [1.54, 1.807) is 38.1 Å². The predicted molar refractivity (Wildman–Crippen MR) is 132 cm³/mol. The van der Waals surface area contributed by atoms with Gasteiger partial charge in [-0.15, -0.1) is 11.3 Å². The summed E-state index contributed by atoms with van der Waals surface area (Å²) in [6.07, 6.45) is 2.51. The van der Waals surface area contributed by atoms with Crippen LogP contribution in [0.15, 0.2) is 36.7 Å². The number of thiophene rings is 1. The quantitative estimate of drug-likeness (QED) is 0.353. The number of nitriles is 1. The minimum Gasteiger partial charge on any atom is -0.478 e. The number of aromatic carboxylic acids is 1. The van der Waals surface area contributed by atoms with Crippen LogP contribution in [0.5, 0.6) is 0 Å². The molecule has 186 valence electrons. The first-order valence-corrected chi connectivity index (χ1v) is 12.3. The summed E-state index contributed by atoms with van der Waals surface area (Å²) in [5.41, 5.74) is 2.84. The zero-order valence-corrected chi connectivity index (χ0v) is 20.7. The fraction of sp³-hybridized carbons (Fsp3) is 0.240. The molecule has 4 aromatic rings. The number of carbonyl (C=O) groups excluding carboxylic acids is 2. The highest BCUT2D eigenvalue weighted by atomic mass is 32.1. The molecule has 0 bridgehead atoms. The number of rotatable bonds is 6. The Morgan fingerprint density at radius 2 is 2.05 bits per heavy atom. The maximum absolute atomic E-state index is 13.4. The maximum atomic E-state index is 13.4. The summed E-state index contributed by atoms with van der Waals surface area (Å²) in [7, 11) is 0. The Hall–Kier alpha value is -4.63. The van der Waals surface area contributed by atoms with Gasteiger partial charge in [0.25, 0.3) is 17.6 Å². The van der Waals surface area contributed by atoms with E-state index in [0.29, 0.717) is 23.3 Å². The standard InChI is InChI=1S/C25H21N7O4S/c1-12-15-6-7-18(17(15)5-4-16(12)24(35)36)30-23(34)20-9-19(31-25-27-11-28-32(20)25)22(33)29-13(2)21-8-3-14(10-26)37-21/h3-5,8-9,11,13,18H,6-7H2,1-2H3,(H,29,33)(H,30,34)(H,35,36)/t13?,18-/m0/s1. The molecule has 0 aliphatic heterocycles. The van der Waals surface area contributed by atoms with E-state index < -0.39 is 17.8 Å². The molecule has 0 fully saturated rings. The zero-order valence-electron chi connectivity index (χ0n) is 19.8. The first-order chi connectivity index (χ1) is 17.8. The third-order valence-corrected chi connectivity index (χ3v) is 7.63. The third-order valence-electron chi connectivity index (χ3n) is 6.46. The average molecular weight is 516 g/mol. The second kappa shape index (κ2) is 9.44. The Balaban J connectivity index is 1.40. The number of benzene rings is 1. The highest BCUT2D eigenvalue weighted by Gasteiger charge is 2.29. The highest BCUT2D eigenvalue weighted by molar-refractivity contribution is 7.12. The van der Waals surface area contributed by atoms with Crippen molar-refractivity contribution in [3.05, 3.63) is 80.1 Å². The van der Waals surface area contributed by atoms with E-state index in [9.17, 15) is 19.5 Å². The van der Waals surface area contributed by atoms with Crippen LogP contribution >= 0.6 is 11.3 Å². The van der Waals surface area contributed by atoms with Crippen LogP contribution in [-0.4, -0.2) is 42.5 Å². The van der Waals surface area contributed by atoms with Gasteiger partial charge in [0.05, 0.1) is 17.6 Å². The van der Waals surface area contributed by atoms with Gasteiger partial charge in [-0.05, 0) is 61.6 Å². The van der Waals surface area contributed by atoms with Gasteiger partial charge in [-0.3, -0.25) is 9.59 Å². The topological polar surface area (TPSA) is 162 Å². The first kappa shape index (κ1) is 24.1. The zero-order chi connectivity index (χ0) is 26.3. The molecule has 1 aromatic carbocycles. The summed E-state index contributed by atoms with van der Waals surface area (Å²) in [5.74, 6) is -1.85. The lowest BCUT2D eigenvalue weighted by atomic mass is 9.98. The molecule has 12 heteroatoms. The number of carboxylic acids is 1. The SMILES string of the molecule is Cc1c(C(=O)O)ccc2c1CC[C@@H]2NC(=O)c1cc(C(=O)NC(C)c2ccc(C#N)s2)nc2ncnn12. The molecule has 1 aliphatic carbocycles. The van der Waals surface area contributed by atoms with Crippen LogP contribution in [-0.2, 0) is 6.42 Å². The predicted octanol–water partition coefficient (Wildman–Crippen LogP) is 2.97. The van der Waals surface area contributed by atoms with Crippen molar-refractivity contribution in [2.24, 2.45) is 0 Å². The molecule has 0 saturated carbocycles. The second-order valence-electron chi connectivity index (χ2n) is 8.68. The van der Waals surface area contributed by atoms with Gasteiger partial charge in [-0.1, -0.05) is 6.07 Å². The lowest BCUT2D eigenvalue weighted by Crippen LogP contribution is -2.31. The van der Waals surface area contributed by atoms with Crippen molar-refractivity contribution in [3.8, 4) is 6.07 Å². The minimum atomic E-state index is -0.983. The Morgan fingerprint density at radius 3 is 2.78 bits per heavy atom. The number of hydrogen-bond acceptors (Lipinski definition) is 8. The van der Waals surface area contributed by atoms with Crippen molar-refractivity contribution in [2.45, 2.75) is 38.8 Å². The third kappa shape index (κ3) is 4.41. The van der Waals surface area contributed by atoms with Crippen molar-refractivity contribution >= 4 is 34.9 Å². The number of carbonyl (C=O) groups is 3. The van der Waals surface area contributed by atoms with E-state index in [0.717, 1.165) is 16.0 Å². The van der Waals surface area contributed by atoms with E-state index in [4.69, 9.17) is 5.26 Å². The molecule has 37 heavy (non-hydrogen) atoms. The van der Waals surface area contributed by atoms with Crippen LogP contribution in [0.4, 0.5) is 0 Å². The molecule has 3 heterocycles. The molecule has 5 rings (SSSR count). The van der Waals surface area contributed by atoms with Crippen LogP contribution in [0, 0.1) is 18.3 Å². The molecular formula is C25H21N7O4S. The first-order valence-electron chi connectivity index (χ1n) is 11.4. The lowest BCUT2D eigenvalue weighted by Gasteiger charge is -2.16. The van der Waals surface area contributed by atoms with Gasteiger partial charge in [0, 0.05) is 10.9 Å². The normalized spacial score (nSPS) is 15.1. The van der Waals surface area contributed by atoms with Gasteiger partial charge < -0.3 is 15.7 Å². The van der Waals surface area contributed by atoms with Gasteiger partial charge >= 0.3 is 5.97 Å². The summed E-state index contributed by atoms with van der Waals surface area (Å²) in [5, 5.41) is 28.4. The molecule has 0 radical (unpaired) electrons. The molecule has 11 nitrogen and oxygen atoms in total. The number of nitrogens with one attached hydrogen (secondary N) is 2. The van der Waals surface area contributed by atoms with Crippen molar-refractivity contribution < 1.29 is 19.5 Å². The van der Waals surface area contributed by atoms with Gasteiger partial charge in [-0.2, -0.15) is 19.9 Å². The molecule has 2 atom stereocenters. The summed E-state index contributed by atoms with van der Waals surface area (Å²) >= 11 is 1.29. The highest BCUT2D eigenvalue weighted by Crippen LogP contribution is 2.35. The molecule has 2 amide bonds. The van der Waals surface area contributed by atoms with Crippen LogP contribution < -0.4 is 10.6 Å². The van der Waals surface area contributed by atoms with Crippen LogP contribution in [0.25, 0.3) is 5.78 Å². The van der Waals surface area contributed by atoms with Crippen LogP contribution in [0.3, 0.4) is 0 Å². The summed E-state index contributed by atoms with van der Waals surface area (Å²) in [6.45, 7) is 3.57. The Labute approximate surface area is 214 Å². The average Bonchev–Trinajstić information content (AvgIpc) is 3.63. The monoisotopic (exact) mass is 515 g/mol. The molecular weight excluding hydrogens is 494 g/mol. The van der Waals surface area contributed by atoms with Gasteiger partial charge in [0.15, 0.2) is 0 Å². The molecule has 1 aliphatic rings. The van der Waals surface area contributed by atoms with E-state index in [1.165, 1.54) is 28.2 Å². The molecule has 3 N–H and O–H groups in total. The van der Waals surface area contributed by atoms with E-state index >= 15 is 0 Å². The number of nitrogens with zero attached hydrogens (tertiary/aromatic N) is 5. The number of aromatic nitrogens is 4. The summed E-state index contributed by atoms with van der Waals surface area (Å²) in [6, 6.07) is 9.52. The minimum absolute atomic E-state index is 0.00308. The molecule has 0 saturated heterocycles. The largest absolute Gasteiger partial charge is 0.478 e. The molecule has 3 aromatic heterocycles. The van der Waals surface area contributed by atoms with Crippen LogP contribution in [0.2, 0.25) is 0 Å². The van der Waals surface area contributed by atoms with E-state index in [1.807, 2.05) is 0 Å². The Morgan fingerprint density at radius 1 is 1.24 bits per heavy atom. The van der Waals surface area contributed by atoms with Crippen molar-refractivity contribution in [2.75, 3.05) is 0 Å². The number of carboxylic acid groups (broad SMARTS) is 1. The number of amides is 2. The maximum Gasteiger partial charge on any atom is 0.335 e. The van der Waals surface area contributed by atoms with Gasteiger partial charge in [0.2, 0.25) is 0 Å². The molecule has 0 spiro atoms. The second-order valence-corrected chi connectivity index (χ2v) is 9.80. The Bertz CT molecular complexity index is 1620. The van der Waals surface area contributed by atoms with Gasteiger partial charge in [-0.25, -0.2) is 9.78 Å². The fourth-order valence-corrected chi connectivity index (χ4v) is 5.38. The van der Waals surface area contributed by atoms with E-state index in [2.05, 4.69) is 31.8 Å². The summed E-state index contributed by atoms with van der Waals surface area (Å²) in [4.78, 5) is 47.5. The smallest absolute Gasteiger partial charge is 0.335 e. The Kier molecular flexibility index (Phi) is 6.14. The van der Waals surface area contributed by atoms with Crippen LogP contribution in [0.1, 0.15) is 83.2 Å². The van der Waals surface area contributed by atoms with E-state index in [-0.39, 0.29) is 34.8 Å². The van der Waals surface area contributed by atoms with Crippen molar-refractivity contribution in [1.29, 1.82) is 5.26 Å².